The van der Waals surface area contributed by atoms with Crippen molar-refractivity contribution in [2.45, 2.75) is 6.92 Å². The molecule has 1 aromatic rings. The summed E-state index contributed by atoms with van der Waals surface area (Å²) < 4.78 is 11.6. The average molecular weight is 371 g/mol. The maximum atomic E-state index is 12.0. The lowest BCUT2D eigenvalue weighted by atomic mass is 10.1. The van der Waals surface area contributed by atoms with E-state index in [2.05, 4.69) is 21.2 Å². The third-order valence-corrected chi connectivity index (χ3v) is 3.90. The molecule has 5 nitrogen and oxygen atoms in total. The largest absolute Gasteiger partial charge is 0.493 e. The van der Waals surface area contributed by atoms with E-state index >= 15 is 0 Å². The van der Waals surface area contributed by atoms with Crippen LogP contribution in [0.1, 0.15) is 12.5 Å². The van der Waals surface area contributed by atoms with Gasteiger partial charge in [-0.2, -0.15) is 0 Å². The van der Waals surface area contributed by atoms with Crippen LogP contribution < -0.4 is 14.8 Å². The van der Waals surface area contributed by atoms with E-state index in [1.807, 2.05) is 13.0 Å². The monoisotopic (exact) mass is 370 g/mol. The summed E-state index contributed by atoms with van der Waals surface area (Å²) in [6.45, 7) is 2.44. The van der Waals surface area contributed by atoms with Crippen molar-refractivity contribution < 1.29 is 14.3 Å². The molecular formula is C14H15BrN2O3S. The van der Waals surface area contributed by atoms with Crippen LogP contribution in [0, 0.1) is 0 Å². The van der Waals surface area contributed by atoms with Crippen molar-refractivity contribution in [3.05, 3.63) is 27.9 Å². The van der Waals surface area contributed by atoms with E-state index in [1.54, 1.807) is 26.3 Å². The van der Waals surface area contributed by atoms with Crippen molar-refractivity contribution in [3.63, 3.8) is 0 Å². The Bertz CT molecular complexity index is 631. The molecule has 0 atom stereocenters. The summed E-state index contributed by atoms with van der Waals surface area (Å²) in [7, 11) is 3.20. The number of ether oxygens (including phenoxy) is 2. The van der Waals surface area contributed by atoms with Gasteiger partial charge in [-0.05, 0) is 58.8 Å². The van der Waals surface area contributed by atoms with Gasteiger partial charge in [0, 0.05) is 7.05 Å². The van der Waals surface area contributed by atoms with E-state index in [9.17, 15) is 4.79 Å². The Balaban J connectivity index is 2.40. The zero-order valence-electron chi connectivity index (χ0n) is 11.9. The Hall–Kier alpha value is -1.60. The van der Waals surface area contributed by atoms with Crippen LogP contribution in [-0.2, 0) is 4.79 Å². The molecule has 21 heavy (non-hydrogen) atoms. The van der Waals surface area contributed by atoms with Crippen LogP contribution >= 0.6 is 28.1 Å². The molecule has 1 saturated heterocycles. The van der Waals surface area contributed by atoms with Crippen LogP contribution in [0.2, 0.25) is 0 Å². The zero-order chi connectivity index (χ0) is 15.6. The average Bonchev–Trinajstić information content (AvgIpc) is 2.69. The number of halogens is 1. The van der Waals surface area contributed by atoms with E-state index < -0.39 is 0 Å². The van der Waals surface area contributed by atoms with Gasteiger partial charge in [0.25, 0.3) is 5.91 Å². The van der Waals surface area contributed by atoms with Gasteiger partial charge in [-0.25, -0.2) is 0 Å². The molecule has 0 radical (unpaired) electrons. The van der Waals surface area contributed by atoms with Gasteiger partial charge >= 0.3 is 0 Å². The molecule has 0 saturated carbocycles. The third kappa shape index (κ3) is 3.19. The Labute approximate surface area is 137 Å². The summed E-state index contributed by atoms with van der Waals surface area (Å²) >= 11 is 8.49. The first-order valence-electron chi connectivity index (χ1n) is 6.29. The van der Waals surface area contributed by atoms with Gasteiger partial charge in [0.05, 0.1) is 18.2 Å². The molecular weight excluding hydrogens is 356 g/mol. The highest BCUT2D eigenvalue weighted by Gasteiger charge is 2.27. The highest BCUT2D eigenvalue weighted by Crippen LogP contribution is 2.37. The SMILES string of the molecule is CCOc1c(Br)cc(/C=C2\NC(=S)N(C)C2=O)cc1OC. The Morgan fingerprint density at radius 1 is 1.48 bits per heavy atom. The molecule has 1 aliphatic heterocycles. The fourth-order valence-electron chi connectivity index (χ4n) is 1.90. The predicted molar refractivity (Wildman–Crippen MR) is 88.3 cm³/mol. The van der Waals surface area contributed by atoms with Crippen molar-refractivity contribution in [2.24, 2.45) is 0 Å². The lowest BCUT2D eigenvalue weighted by Crippen LogP contribution is -2.25. The van der Waals surface area contributed by atoms with E-state index in [0.717, 1.165) is 10.0 Å². The number of hydrogen-bond donors (Lipinski definition) is 1. The van der Waals surface area contributed by atoms with Crippen LogP contribution in [0.5, 0.6) is 11.5 Å². The van der Waals surface area contributed by atoms with Crippen molar-refractivity contribution in [3.8, 4) is 11.5 Å². The third-order valence-electron chi connectivity index (χ3n) is 2.93. The molecule has 0 spiro atoms. The summed E-state index contributed by atoms with van der Waals surface area (Å²) in [6.07, 6.45) is 1.72. The molecule has 0 aliphatic carbocycles. The van der Waals surface area contributed by atoms with Crippen molar-refractivity contribution in [1.29, 1.82) is 0 Å². The molecule has 0 unspecified atom stereocenters. The number of rotatable bonds is 4. The van der Waals surface area contributed by atoms with Crippen molar-refractivity contribution in [1.82, 2.24) is 10.2 Å². The number of carbonyl (C=O) groups is 1. The van der Waals surface area contributed by atoms with E-state index in [4.69, 9.17) is 21.7 Å². The second-order valence-electron chi connectivity index (χ2n) is 4.32. The summed E-state index contributed by atoms with van der Waals surface area (Å²) in [5, 5.41) is 3.27. The summed E-state index contributed by atoms with van der Waals surface area (Å²) in [4.78, 5) is 13.4. The fourth-order valence-corrected chi connectivity index (χ4v) is 2.66. The molecule has 1 amide bonds. The van der Waals surface area contributed by atoms with Gasteiger partial charge in [0.2, 0.25) is 0 Å². The topological polar surface area (TPSA) is 50.8 Å². The van der Waals surface area contributed by atoms with Gasteiger partial charge in [-0.3, -0.25) is 9.69 Å². The molecule has 1 aromatic carbocycles. The highest BCUT2D eigenvalue weighted by atomic mass is 79.9. The van der Waals surface area contributed by atoms with Crippen molar-refractivity contribution in [2.75, 3.05) is 20.8 Å². The van der Waals surface area contributed by atoms with E-state index in [-0.39, 0.29) is 5.91 Å². The van der Waals surface area contributed by atoms with E-state index in [1.165, 1.54) is 4.90 Å². The first-order chi connectivity index (χ1) is 9.97. The number of carbonyl (C=O) groups excluding carboxylic acids is 1. The number of benzene rings is 1. The van der Waals surface area contributed by atoms with Crippen LogP contribution in [0.3, 0.4) is 0 Å². The maximum absolute atomic E-state index is 12.0. The number of nitrogens with one attached hydrogen (secondary N) is 1. The first-order valence-corrected chi connectivity index (χ1v) is 7.49. The molecule has 0 aromatic heterocycles. The molecule has 0 bridgehead atoms. The number of thiocarbonyl (C=S) groups is 1. The van der Waals surface area contributed by atoms with Crippen LogP contribution in [-0.4, -0.2) is 36.7 Å². The van der Waals surface area contributed by atoms with Crippen molar-refractivity contribution >= 4 is 45.2 Å². The van der Waals surface area contributed by atoms with Crippen LogP contribution in [0.25, 0.3) is 6.08 Å². The number of methoxy groups -OCH3 is 1. The number of hydrogen-bond acceptors (Lipinski definition) is 4. The summed E-state index contributed by atoms with van der Waals surface area (Å²) in [6, 6.07) is 3.66. The summed E-state index contributed by atoms with van der Waals surface area (Å²) in [5.41, 5.74) is 1.23. The fraction of sp³-hybridized carbons (Fsp3) is 0.286. The highest BCUT2D eigenvalue weighted by molar-refractivity contribution is 9.10. The second-order valence-corrected chi connectivity index (χ2v) is 5.56. The molecule has 1 fully saturated rings. The van der Waals surface area contributed by atoms with E-state index in [0.29, 0.717) is 28.9 Å². The summed E-state index contributed by atoms with van der Waals surface area (Å²) in [5.74, 6) is 1.07. The molecule has 112 valence electrons. The molecule has 1 aliphatic rings. The Kier molecular flexibility index (Phi) is 4.84. The molecule has 1 heterocycles. The smallest absolute Gasteiger partial charge is 0.276 e. The van der Waals surface area contributed by atoms with Gasteiger partial charge in [-0.15, -0.1) is 0 Å². The maximum Gasteiger partial charge on any atom is 0.276 e. The zero-order valence-corrected chi connectivity index (χ0v) is 14.3. The molecule has 2 rings (SSSR count). The van der Waals surface area contributed by atoms with Crippen LogP contribution in [0.15, 0.2) is 22.3 Å². The minimum Gasteiger partial charge on any atom is -0.493 e. The predicted octanol–water partition coefficient (Wildman–Crippen LogP) is 2.54. The quantitative estimate of drug-likeness (QED) is 0.651. The number of amides is 1. The minimum atomic E-state index is -0.163. The second kappa shape index (κ2) is 6.44. The first kappa shape index (κ1) is 15.8. The number of nitrogens with zero attached hydrogens (tertiary/aromatic N) is 1. The Morgan fingerprint density at radius 3 is 2.71 bits per heavy atom. The van der Waals surface area contributed by atoms with Gasteiger partial charge < -0.3 is 14.8 Å². The van der Waals surface area contributed by atoms with Gasteiger partial charge in [0.1, 0.15) is 5.70 Å². The van der Waals surface area contributed by atoms with Gasteiger partial charge in [-0.1, -0.05) is 0 Å². The van der Waals surface area contributed by atoms with Gasteiger partial charge in [0.15, 0.2) is 16.6 Å². The molecule has 1 N–H and O–H groups in total. The lowest BCUT2D eigenvalue weighted by Gasteiger charge is -2.12. The normalized spacial score (nSPS) is 16.4. The van der Waals surface area contributed by atoms with Crippen LogP contribution in [0.4, 0.5) is 0 Å². The standard InChI is InChI=1S/C14H15BrN2O3S/c1-4-20-12-9(15)5-8(7-11(12)19-3)6-10-13(18)17(2)14(21)16-10/h5-7H,4H2,1-3H3,(H,16,21)/b10-6-. The molecule has 7 heteroatoms. The Morgan fingerprint density at radius 2 is 2.19 bits per heavy atom. The lowest BCUT2D eigenvalue weighted by molar-refractivity contribution is -0.121. The minimum absolute atomic E-state index is 0.163. The number of likely N-dealkylation sites (N-methyl/N-ethyl adjacent to an activating group) is 1.